The Balaban J connectivity index is 1.27. The molecular formula is C24H32N4O5. The van der Waals surface area contributed by atoms with Crippen LogP contribution in [0.15, 0.2) is 24.3 Å². The van der Waals surface area contributed by atoms with Gasteiger partial charge in [0.2, 0.25) is 23.6 Å². The van der Waals surface area contributed by atoms with Crippen LogP contribution in [0.4, 0.5) is 5.69 Å². The number of carbonyl (C=O) groups is 4. The number of benzene rings is 1. The second-order valence-electron chi connectivity index (χ2n) is 9.20. The Labute approximate surface area is 193 Å². The third-order valence-corrected chi connectivity index (χ3v) is 7.22. The molecule has 0 saturated carbocycles. The lowest BCUT2D eigenvalue weighted by atomic mass is 9.91. The van der Waals surface area contributed by atoms with E-state index in [2.05, 4.69) is 0 Å². The molecule has 33 heavy (non-hydrogen) atoms. The van der Waals surface area contributed by atoms with Gasteiger partial charge in [0.1, 0.15) is 5.75 Å². The summed E-state index contributed by atoms with van der Waals surface area (Å²) in [5.41, 5.74) is 6.14. The van der Waals surface area contributed by atoms with Crippen LogP contribution < -0.4 is 15.4 Å². The zero-order chi connectivity index (χ0) is 23.5. The summed E-state index contributed by atoms with van der Waals surface area (Å²) in [6, 6.07) is 7.26. The van der Waals surface area contributed by atoms with Gasteiger partial charge in [-0.15, -0.1) is 0 Å². The molecule has 0 aliphatic carbocycles. The van der Waals surface area contributed by atoms with Gasteiger partial charge in [0.15, 0.2) is 0 Å². The van der Waals surface area contributed by atoms with Crippen LogP contribution in [0.1, 0.15) is 32.1 Å². The molecule has 3 saturated heterocycles. The number of rotatable bonds is 5. The summed E-state index contributed by atoms with van der Waals surface area (Å²) in [7, 11) is 1.59. The highest BCUT2D eigenvalue weighted by Crippen LogP contribution is 2.30. The van der Waals surface area contributed by atoms with E-state index in [-0.39, 0.29) is 47.8 Å². The van der Waals surface area contributed by atoms with Crippen LogP contribution in [0, 0.1) is 17.8 Å². The van der Waals surface area contributed by atoms with Crippen molar-refractivity contribution in [1.82, 2.24) is 9.80 Å². The van der Waals surface area contributed by atoms with E-state index >= 15 is 0 Å². The number of likely N-dealkylation sites (tertiary alicyclic amines) is 2. The first-order valence-corrected chi connectivity index (χ1v) is 11.7. The number of hydrogen-bond donors (Lipinski definition) is 1. The minimum atomic E-state index is -0.361. The number of ether oxygens (including phenoxy) is 1. The molecule has 178 valence electrons. The maximum absolute atomic E-state index is 13.1. The molecule has 0 unspecified atom stereocenters. The number of nitrogens with two attached hydrogens (primary N) is 1. The van der Waals surface area contributed by atoms with Gasteiger partial charge in [0.05, 0.1) is 13.0 Å². The maximum atomic E-state index is 13.1. The van der Waals surface area contributed by atoms with Crippen molar-refractivity contribution in [2.45, 2.75) is 32.1 Å². The molecule has 3 aliphatic heterocycles. The van der Waals surface area contributed by atoms with Gasteiger partial charge in [-0.25, -0.2) is 0 Å². The zero-order valence-electron chi connectivity index (χ0n) is 19.1. The molecule has 0 bridgehead atoms. The van der Waals surface area contributed by atoms with E-state index in [1.807, 2.05) is 17.0 Å². The molecule has 0 aromatic heterocycles. The molecule has 0 radical (unpaired) electrons. The summed E-state index contributed by atoms with van der Waals surface area (Å²) in [6.07, 6.45) is 2.71. The Hall–Kier alpha value is -3.10. The van der Waals surface area contributed by atoms with Crippen molar-refractivity contribution in [3.63, 3.8) is 0 Å². The highest BCUT2D eigenvalue weighted by Gasteiger charge is 2.39. The van der Waals surface area contributed by atoms with Crippen molar-refractivity contribution in [3.8, 4) is 5.75 Å². The first-order chi connectivity index (χ1) is 15.9. The number of carbonyl (C=O) groups excluding carboxylic acids is 4. The van der Waals surface area contributed by atoms with Crippen LogP contribution in [-0.4, -0.2) is 73.3 Å². The van der Waals surface area contributed by atoms with E-state index in [0.717, 1.165) is 5.69 Å². The van der Waals surface area contributed by atoms with Gasteiger partial charge in [-0.1, -0.05) is 0 Å². The van der Waals surface area contributed by atoms with Gasteiger partial charge in [-0.2, -0.15) is 0 Å². The lowest BCUT2D eigenvalue weighted by Gasteiger charge is -2.37. The number of amides is 4. The number of methoxy groups -OCH3 is 1. The van der Waals surface area contributed by atoms with E-state index < -0.39 is 0 Å². The summed E-state index contributed by atoms with van der Waals surface area (Å²) >= 11 is 0. The Morgan fingerprint density at radius 3 is 1.88 bits per heavy atom. The quantitative estimate of drug-likeness (QED) is 0.711. The molecule has 9 heteroatoms. The van der Waals surface area contributed by atoms with Crippen LogP contribution in [0.5, 0.6) is 5.75 Å². The average Bonchev–Trinajstić information content (AvgIpc) is 3.24. The normalized spacial score (nSPS) is 22.5. The van der Waals surface area contributed by atoms with Crippen molar-refractivity contribution in [3.05, 3.63) is 24.3 Å². The smallest absolute Gasteiger partial charge is 0.228 e. The number of piperidine rings is 2. The zero-order valence-corrected chi connectivity index (χ0v) is 19.1. The van der Waals surface area contributed by atoms with E-state index in [9.17, 15) is 19.2 Å². The molecule has 4 amide bonds. The van der Waals surface area contributed by atoms with Crippen molar-refractivity contribution >= 4 is 29.3 Å². The molecule has 4 rings (SSSR count). The van der Waals surface area contributed by atoms with Crippen LogP contribution in [0.3, 0.4) is 0 Å². The summed E-state index contributed by atoms with van der Waals surface area (Å²) in [6.45, 7) is 2.56. The van der Waals surface area contributed by atoms with Crippen molar-refractivity contribution in [1.29, 1.82) is 0 Å². The molecule has 0 spiro atoms. The van der Waals surface area contributed by atoms with Gasteiger partial charge < -0.3 is 25.2 Å². The largest absolute Gasteiger partial charge is 0.497 e. The third kappa shape index (κ3) is 4.96. The number of primary amides is 1. The molecule has 9 nitrogen and oxygen atoms in total. The summed E-state index contributed by atoms with van der Waals surface area (Å²) in [5.74, 6) is -0.111. The summed E-state index contributed by atoms with van der Waals surface area (Å²) in [4.78, 5) is 55.2. The highest BCUT2D eigenvalue weighted by atomic mass is 16.5. The van der Waals surface area contributed by atoms with Gasteiger partial charge >= 0.3 is 0 Å². The van der Waals surface area contributed by atoms with Crippen LogP contribution in [0.25, 0.3) is 0 Å². The van der Waals surface area contributed by atoms with Gasteiger partial charge in [0, 0.05) is 56.7 Å². The van der Waals surface area contributed by atoms with Crippen LogP contribution in [0.2, 0.25) is 0 Å². The molecule has 1 atom stereocenters. The van der Waals surface area contributed by atoms with E-state index in [0.29, 0.717) is 64.2 Å². The van der Waals surface area contributed by atoms with Crippen LogP contribution in [-0.2, 0) is 19.2 Å². The second kappa shape index (κ2) is 9.80. The van der Waals surface area contributed by atoms with E-state index in [4.69, 9.17) is 10.5 Å². The standard InChI is InChI=1S/C24H32N4O5/c1-33-20-4-2-19(3-5-20)28-15-18(14-21(28)29)24(32)27-12-8-17(9-13-27)23(31)26-10-6-16(7-11-26)22(25)30/h2-5,16-18H,6-15H2,1H3,(H2,25,30)/t18-/m0/s1. The van der Waals surface area contributed by atoms with Gasteiger partial charge in [-0.05, 0) is 49.9 Å². The fourth-order valence-electron chi connectivity index (χ4n) is 5.13. The van der Waals surface area contributed by atoms with Crippen molar-refractivity contribution in [2.24, 2.45) is 23.5 Å². The number of anilines is 1. The highest BCUT2D eigenvalue weighted by molar-refractivity contribution is 6.00. The number of hydrogen-bond acceptors (Lipinski definition) is 5. The predicted molar refractivity (Wildman–Crippen MR) is 121 cm³/mol. The molecular weight excluding hydrogens is 424 g/mol. The molecule has 1 aromatic rings. The first-order valence-electron chi connectivity index (χ1n) is 11.7. The van der Waals surface area contributed by atoms with Crippen LogP contribution >= 0.6 is 0 Å². The minimum absolute atomic E-state index is 0.00691. The van der Waals surface area contributed by atoms with E-state index in [1.165, 1.54) is 0 Å². The minimum Gasteiger partial charge on any atom is -0.497 e. The summed E-state index contributed by atoms with van der Waals surface area (Å²) in [5, 5.41) is 0. The third-order valence-electron chi connectivity index (χ3n) is 7.22. The maximum Gasteiger partial charge on any atom is 0.228 e. The summed E-state index contributed by atoms with van der Waals surface area (Å²) < 4.78 is 5.17. The predicted octanol–water partition coefficient (Wildman–Crippen LogP) is 1.01. The first kappa shape index (κ1) is 23.1. The topological polar surface area (TPSA) is 113 Å². The molecule has 3 heterocycles. The van der Waals surface area contributed by atoms with Gasteiger partial charge in [-0.3, -0.25) is 19.2 Å². The monoisotopic (exact) mass is 456 g/mol. The molecule has 3 fully saturated rings. The Kier molecular flexibility index (Phi) is 6.85. The second-order valence-corrected chi connectivity index (χ2v) is 9.20. The van der Waals surface area contributed by atoms with E-state index in [1.54, 1.807) is 29.0 Å². The Bertz CT molecular complexity index is 902. The molecule has 2 N–H and O–H groups in total. The lowest BCUT2D eigenvalue weighted by Crippen LogP contribution is -2.48. The lowest BCUT2D eigenvalue weighted by molar-refractivity contribution is -0.143. The SMILES string of the molecule is COc1ccc(N2C[C@@H](C(=O)N3CCC(C(=O)N4CCC(C(N)=O)CC4)CC3)CC2=O)cc1. The average molecular weight is 457 g/mol. The Morgan fingerprint density at radius 1 is 0.848 bits per heavy atom. The molecule has 3 aliphatic rings. The fraction of sp³-hybridized carbons (Fsp3) is 0.583. The number of nitrogens with zero attached hydrogens (tertiary/aromatic N) is 3. The van der Waals surface area contributed by atoms with Gasteiger partial charge in [0.25, 0.3) is 0 Å². The van der Waals surface area contributed by atoms with Crippen molar-refractivity contribution in [2.75, 3.05) is 44.7 Å². The van der Waals surface area contributed by atoms with Crippen molar-refractivity contribution < 1.29 is 23.9 Å². The fourth-order valence-corrected chi connectivity index (χ4v) is 5.13. The Morgan fingerprint density at radius 2 is 1.36 bits per heavy atom. The molecule has 1 aromatic carbocycles.